The smallest absolute Gasteiger partial charge is 0.0551 e. The lowest BCUT2D eigenvalue weighted by molar-refractivity contribution is 0.869. The molecule has 3 rings (SSSR count). The molecule has 0 saturated carbocycles. The van der Waals surface area contributed by atoms with Crippen molar-refractivity contribution in [3.8, 4) is 0 Å². The van der Waals surface area contributed by atoms with Gasteiger partial charge in [0.25, 0.3) is 0 Å². The minimum Gasteiger partial charge on any atom is -0.374 e. The Balaban J connectivity index is 1.94. The summed E-state index contributed by atoms with van der Waals surface area (Å²) in [5.41, 5.74) is 11.5. The molecule has 0 spiro atoms. The molecule has 1 unspecified atom stereocenters. The fourth-order valence-electron chi connectivity index (χ4n) is 2.63. The molecule has 2 aromatic rings. The van der Waals surface area contributed by atoms with Gasteiger partial charge in [0, 0.05) is 19.3 Å². The first-order chi connectivity index (χ1) is 8.75. The molecule has 0 aliphatic carbocycles. The zero-order chi connectivity index (χ0) is 12.5. The fourth-order valence-corrected chi connectivity index (χ4v) is 2.63. The maximum absolute atomic E-state index is 6.33. The van der Waals surface area contributed by atoms with Gasteiger partial charge in [0.2, 0.25) is 0 Å². The molecule has 1 aliphatic heterocycles. The molecule has 0 aromatic heterocycles. The molecule has 0 radical (unpaired) electrons. The van der Waals surface area contributed by atoms with E-state index in [1.54, 1.807) is 0 Å². The van der Waals surface area contributed by atoms with Crippen LogP contribution in [0, 0.1) is 0 Å². The van der Waals surface area contributed by atoms with Crippen molar-refractivity contribution in [2.45, 2.75) is 12.5 Å². The third kappa shape index (κ3) is 1.89. The van der Waals surface area contributed by atoms with Gasteiger partial charge < -0.3 is 10.6 Å². The van der Waals surface area contributed by atoms with Gasteiger partial charge in [-0.15, -0.1) is 0 Å². The third-order valence-corrected chi connectivity index (χ3v) is 3.75. The summed E-state index contributed by atoms with van der Waals surface area (Å²) in [7, 11) is 2.14. The van der Waals surface area contributed by atoms with Gasteiger partial charge in [-0.3, -0.25) is 0 Å². The molecule has 0 bridgehead atoms. The summed E-state index contributed by atoms with van der Waals surface area (Å²) in [6, 6.07) is 16.9. The van der Waals surface area contributed by atoms with Gasteiger partial charge in [-0.1, -0.05) is 42.5 Å². The Labute approximate surface area is 108 Å². The Bertz CT molecular complexity index is 548. The second kappa shape index (κ2) is 4.46. The summed E-state index contributed by atoms with van der Waals surface area (Å²) < 4.78 is 0. The third-order valence-electron chi connectivity index (χ3n) is 3.75. The average molecular weight is 238 g/mol. The zero-order valence-corrected chi connectivity index (χ0v) is 10.6. The van der Waals surface area contributed by atoms with Crippen LogP contribution in [0.4, 0.5) is 5.69 Å². The molecule has 0 amide bonds. The fraction of sp³-hybridized carbons (Fsp3) is 0.250. The first-order valence-electron chi connectivity index (χ1n) is 6.40. The van der Waals surface area contributed by atoms with Gasteiger partial charge >= 0.3 is 0 Å². The van der Waals surface area contributed by atoms with E-state index in [-0.39, 0.29) is 6.04 Å². The molecule has 2 aromatic carbocycles. The molecule has 18 heavy (non-hydrogen) atoms. The predicted octanol–water partition coefficient (Wildman–Crippen LogP) is 2.73. The van der Waals surface area contributed by atoms with Crippen molar-refractivity contribution >= 4 is 5.69 Å². The number of nitrogens with zero attached hydrogens (tertiary/aromatic N) is 1. The van der Waals surface area contributed by atoms with E-state index in [4.69, 9.17) is 5.73 Å². The van der Waals surface area contributed by atoms with Crippen LogP contribution in [0.25, 0.3) is 0 Å². The molecular formula is C16H18N2. The second-order valence-corrected chi connectivity index (χ2v) is 4.95. The normalized spacial score (nSPS) is 15.6. The molecule has 0 fully saturated rings. The standard InChI is InChI=1S/C16H18N2/c1-18-10-9-13-11-14(7-8-15(13)18)16(17)12-5-3-2-4-6-12/h2-8,11,16H,9-10,17H2,1H3. The van der Waals surface area contributed by atoms with Gasteiger partial charge in [-0.05, 0) is 29.2 Å². The first-order valence-corrected chi connectivity index (χ1v) is 6.40. The van der Waals surface area contributed by atoms with E-state index < -0.39 is 0 Å². The van der Waals surface area contributed by atoms with Crippen LogP contribution in [0.1, 0.15) is 22.7 Å². The number of rotatable bonds is 2. The van der Waals surface area contributed by atoms with Crippen molar-refractivity contribution < 1.29 is 0 Å². The highest BCUT2D eigenvalue weighted by Crippen LogP contribution is 2.30. The maximum atomic E-state index is 6.33. The van der Waals surface area contributed by atoms with Gasteiger partial charge in [0.15, 0.2) is 0 Å². The summed E-state index contributed by atoms with van der Waals surface area (Å²) >= 11 is 0. The number of likely N-dealkylation sites (N-methyl/N-ethyl adjacent to an activating group) is 1. The van der Waals surface area contributed by atoms with Crippen LogP contribution in [0.2, 0.25) is 0 Å². The van der Waals surface area contributed by atoms with E-state index in [9.17, 15) is 0 Å². The van der Waals surface area contributed by atoms with E-state index in [0.29, 0.717) is 0 Å². The number of nitrogens with two attached hydrogens (primary N) is 1. The van der Waals surface area contributed by atoms with Crippen LogP contribution >= 0.6 is 0 Å². The highest BCUT2D eigenvalue weighted by molar-refractivity contribution is 5.59. The summed E-state index contributed by atoms with van der Waals surface area (Å²) in [5, 5.41) is 0. The molecule has 1 atom stereocenters. The lowest BCUT2D eigenvalue weighted by atomic mass is 9.97. The average Bonchev–Trinajstić information content (AvgIpc) is 2.80. The monoisotopic (exact) mass is 238 g/mol. The number of anilines is 1. The molecule has 92 valence electrons. The largest absolute Gasteiger partial charge is 0.374 e. The Kier molecular flexibility index (Phi) is 2.80. The van der Waals surface area contributed by atoms with E-state index >= 15 is 0 Å². The lowest BCUT2D eigenvalue weighted by Crippen LogP contribution is -2.13. The van der Waals surface area contributed by atoms with Crippen LogP contribution in [-0.2, 0) is 6.42 Å². The number of benzene rings is 2. The minimum atomic E-state index is -0.0255. The SMILES string of the molecule is CN1CCc2cc(C(N)c3ccccc3)ccc21. The van der Waals surface area contributed by atoms with Crippen molar-refractivity contribution in [3.63, 3.8) is 0 Å². The van der Waals surface area contributed by atoms with Crippen LogP contribution in [0.5, 0.6) is 0 Å². The Hall–Kier alpha value is -1.80. The van der Waals surface area contributed by atoms with Crippen molar-refractivity contribution in [3.05, 3.63) is 65.2 Å². The van der Waals surface area contributed by atoms with Gasteiger partial charge in [0.1, 0.15) is 0 Å². The first kappa shape index (κ1) is 11.3. The summed E-state index contributed by atoms with van der Waals surface area (Å²) in [4.78, 5) is 2.30. The van der Waals surface area contributed by atoms with Gasteiger partial charge in [-0.2, -0.15) is 0 Å². The highest BCUT2D eigenvalue weighted by atomic mass is 15.1. The van der Waals surface area contributed by atoms with E-state index in [1.807, 2.05) is 18.2 Å². The van der Waals surface area contributed by atoms with Crippen LogP contribution in [-0.4, -0.2) is 13.6 Å². The number of hydrogen-bond acceptors (Lipinski definition) is 2. The van der Waals surface area contributed by atoms with E-state index in [0.717, 1.165) is 13.0 Å². The lowest BCUT2D eigenvalue weighted by Gasteiger charge is -2.16. The number of fused-ring (bicyclic) bond motifs is 1. The molecule has 1 heterocycles. The molecule has 1 aliphatic rings. The van der Waals surface area contributed by atoms with Crippen molar-refractivity contribution in [2.75, 3.05) is 18.5 Å². The van der Waals surface area contributed by atoms with Gasteiger partial charge in [-0.25, -0.2) is 0 Å². The molecule has 0 saturated heterocycles. The van der Waals surface area contributed by atoms with E-state index in [2.05, 4.69) is 42.3 Å². The topological polar surface area (TPSA) is 29.3 Å². The zero-order valence-electron chi connectivity index (χ0n) is 10.6. The van der Waals surface area contributed by atoms with E-state index in [1.165, 1.54) is 22.4 Å². The minimum absolute atomic E-state index is 0.0255. The van der Waals surface area contributed by atoms with Crippen LogP contribution < -0.4 is 10.6 Å². The molecule has 2 heteroatoms. The van der Waals surface area contributed by atoms with Crippen LogP contribution in [0.3, 0.4) is 0 Å². The Morgan fingerprint density at radius 3 is 2.61 bits per heavy atom. The molecule has 2 N–H and O–H groups in total. The molecule has 2 nitrogen and oxygen atoms in total. The van der Waals surface area contributed by atoms with Gasteiger partial charge in [0.05, 0.1) is 6.04 Å². The second-order valence-electron chi connectivity index (χ2n) is 4.95. The highest BCUT2D eigenvalue weighted by Gasteiger charge is 2.17. The number of hydrogen-bond donors (Lipinski definition) is 1. The predicted molar refractivity (Wildman–Crippen MR) is 75.9 cm³/mol. The van der Waals surface area contributed by atoms with Crippen molar-refractivity contribution in [1.29, 1.82) is 0 Å². The van der Waals surface area contributed by atoms with Crippen molar-refractivity contribution in [2.24, 2.45) is 5.73 Å². The van der Waals surface area contributed by atoms with Crippen LogP contribution in [0.15, 0.2) is 48.5 Å². The Morgan fingerprint density at radius 1 is 1.06 bits per heavy atom. The summed E-state index contributed by atoms with van der Waals surface area (Å²) in [6.45, 7) is 1.11. The quantitative estimate of drug-likeness (QED) is 0.871. The Morgan fingerprint density at radius 2 is 1.83 bits per heavy atom. The maximum Gasteiger partial charge on any atom is 0.0551 e. The molecular weight excluding hydrogens is 220 g/mol. The summed E-state index contributed by atoms with van der Waals surface area (Å²) in [6.07, 6.45) is 1.13. The summed E-state index contributed by atoms with van der Waals surface area (Å²) in [5.74, 6) is 0. The van der Waals surface area contributed by atoms with Crippen molar-refractivity contribution in [1.82, 2.24) is 0 Å².